The molecular formula is C23H24N4O3S. The average Bonchev–Trinajstić information content (AvgIpc) is 3.38. The molecule has 0 bridgehead atoms. The fourth-order valence-electron chi connectivity index (χ4n) is 4.43. The van der Waals surface area contributed by atoms with E-state index in [-0.39, 0.29) is 5.91 Å². The molecule has 3 aromatic rings. The number of anilines is 2. The predicted octanol–water partition coefficient (Wildman–Crippen LogP) is 3.46. The van der Waals surface area contributed by atoms with Gasteiger partial charge in [0.05, 0.1) is 11.9 Å². The smallest absolute Gasteiger partial charge is 0.255 e. The SMILES string of the molecule is CS(=O)(=O)N1CCc2cc(C(=O)Nc3ccc(-c4ncc5n4CCCC5)cc3)ccc21. The normalized spacial score (nSPS) is 15.5. The summed E-state index contributed by atoms with van der Waals surface area (Å²) in [6.07, 6.45) is 7.23. The van der Waals surface area contributed by atoms with Crippen LogP contribution in [0.25, 0.3) is 11.4 Å². The first-order chi connectivity index (χ1) is 14.9. The van der Waals surface area contributed by atoms with Crippen LogP contribution in [0.3, 0.4) is 0 Å². The highest BCUT2D eigenvalue weighted by atomic mass is 32.2. The number of hydrogen-bond donors (Lipinski definition) is 1. The number of carbonyl (C=O) groups excluding carboxylic acids is 1. The van der Waals surface area contributed by atoms with E-state index in [2.05, 4.69) is 14.9 Å². The second kappa shape index (κ2) is 7.53. The lowest BCUT2D eigenvalue weighted by atomic mass is 10.1. The molecule has 0 spiro atoms. The number of sulfonamides is 1. The molecular weight excluding hydrogens is 412 g/mol. The van der Waals surface area contributed by atoms with Crippen LogP contribution in [0.1, 0.15) is 34.5 Å². The van der Waals surface area contributed by atoms with E-state index < -0.39 is 10.0 Å². The van der Waals surface area contributed by atoms with Gasteiger partial charge < -0.3 is 9.88 Å². The Morgan fingerprint density at radius 1 is 1.03 bits per heavy atom. The van der Waals surface area contributed by atoms with Gasteiger partial charge in [-0.05, 0) is 73.7 Å². The molecule has 0 saturated heterocycles. The van der Waals surface area contributed by atoms with Crippen molar-refractivity contribution in [1.29, 1.82) is 0 Å². The number of aromatic nitrogens is 2. The molecule has 0 aliphatic carbocycles. The van der Waals surface area contributed by atoms with Crippen LogP contribution in [-0.4, -0.2) is 36.7 Å². The fraction of sp³-hybridized carbons (Fsp3) is 0.304. The van der Waals surface area contributed by atoms with Gasteiger partial charge in [0.15, 0.2) is 0 Å². The molecule has 5 rings (SSSR count). The number of benzene rings is 2. The Bertz CT molecular complexity index is 1260. The number of amides is 1. The highest BCUT2D eigenvalue weighted by molar-refractivity contribution is 7.92. The number of aryl methyl sites for hydroxylation is 1. The molecule has 2 aliphatic rings. The minimum absolute atomic E-state index is 0.216. The number of hydrogen-bond acceptors (Lipinski definition) is 4. The van der Waals surface area contributed by atoms with Crippen molar-refractivity contribution in [3.8, 4) is 11.4 Å². The summed E-state index contributed by atoms with van der Waals surface area (Å²) in [5.41, 5.74) is 5.07. The fourth-order valence-corrected chi connectivity index (χ4v) is 5.39. The summed E-state index contributed by atoms with van der Waals surface area (Å²) in [7, 11) is -3.30. The van der Waals surface area contributed by atoms with Gasteiger partial charge in [-0.2, -0.15) is 0 Å². The standard InChI is InChI=1S/C23H24N4O3S/c1-31(29,30)27-13-11-17-14-18(7-10-21(17)27)23(28)25-19-8-5-16(6-9-19)22-24-15-20-4-2-3-12-26(20)22/h5-10,14-15H,2-4,11-13H2,1H3,(H,25,28). The molecule has 31 heavy (non-hydrogen) atoms. The Balaban J connectivity index is 1.32. The van der Waals surface area contributed by atoms with Gasteiger partial charge in [0.25, 0.3) is 5.91 Å². The Hall–Kier alpha value is -3.13. The number of fused-ring (bicyclic) bond motifs is 2. The molecule has 0 unspecified atom stereocenters. The summed E-state index contributed by atoms with van der Waals surface area (Å²) >= 11 is 0. The summed E-state index contributed by atoms with van der Waals surface area (Å²) in [6.45, 7) is 1.41. The van der Waals surface area contributed by atoms with Crippen molar-refractivity contribution in [2.24, 2.45) is 0 Å². The van der Waals surface area contributed by atoms with E-state index in [1.807, 2.05) is 30.5 Å². The van der Waals surface area contributed by atoms with Gasteiger partial charge in [-0.1, -0.05) is 0 Å². The molecule has 0 atom stereocenters. The molecule has 3 heterocycles. The summed E-state index contributed by atoms with van der Waals surface area (Å²) in [5, 5.41) is 2.93. The second-order valence-electron chi connectivity index (χ2n) is 8.14. The van der Waals surface area contributed by atoms with Crippen LogP contribution in [0, 0.1) is 0 Å². The Morgan fingerprint density at radius 3 is 2.61 bits per heavy atom. The number of carbonyl (C=O) groups is 1. The van der Waals surface area contributed by atoms with E-state index >= 15 is 0 Å². The van der Waals surface area contributed by atoms with Gasteiger partial charge in [-0.25, -0.2) is 13.4 Å². The first-order valence-corrected chi connectivity index (χ1v) is 12.3. The molecule has 0 radical (unpaired) electrons. The maximum Gasteiger partial charge on any atom is 0.255 e. The van der Waals surface area contributed by atoms with Gasteiger partial charge in [0, 0.05) is 41.8 Å². The lowest BCUT2D eigenvalue weighted by molar-refractivity contribution is 0.102. The van der Waals surface area contributed by atoms with Crippen LogP contribution in [0.2, 0.25) is 0 Å². The van der Waals surface area contributed by atoms with Crippen molar-refractivity contribution in [2.45, 2.75) is 32.2 Å². The van der Waals surface area contributed by atoms with Crippen LogP contribution in [0.5, 0.6) is 0 Å². The van der Waals surface area contributed by atoms with E-state index in [9.17, 15) is 13.2 Å². The molecule has 1 amide bonds. The monoisotopic (exact) mass is 436 g/mol. The van der Waals surface area contributed by atoms with Gasteiger partial charge >= 0.3 is 0 Å². The zero-order valence-electron chi connectivity index (χ0n) is 17.3. The third kappa shape index (κ3) is 3.72. The molecule has 2 aromatic carbocycles. The highest BCUT2D eigenvalue weighted by Gasteiger charge is 2.26. The Labute approximate surface area is 181 Å². The van der Waals surface area contributed by atoms with Gasteiger partial charge in [0.1, 0.15) is 5.82 Å². The summed E-state index contributed by atoms with van der Waals surface area (Å²) in [6, 6.07) is 12.9. The first-order valence-electron chi connectivity index (χ1n) is 10.5. The molecule has 2 aliphatic heterocycles. The molecule has 1 N–H and O–H groups in total. The molecule has 8 heteroatoms. The van der Waals surface area contributed by atoms with Crippen LogP contribution < -0.4 is 9.62 Å². The lowest BCUT2D eigenvalue weighted by Crippen LogP contribution is -2.27. The zero-order chi connectivity index (χ0) is 21.6. The number of nitrogens with zero attached hydrogens (tertiary/aromatic N) is 3. The van der Waals surface area contributed by atoms with Crippen LogP contribution in [0.15, 0.2) is 48.7 Å². The largest absolute Gasteiger partial charge is 0.328 e. The summed E-state index contributed by atoms with van der Waals surface area (Å²) in [5.74, 6) is 0.758. The average molecular weight is 437 g/mol. The van der Waals surface area contributed by atoms with Crippen molar-refractivity contribution in [1.82, 2.24) is 9.55 Å². The molecule has 7 nitrogen and oxygen atoms in total. The van der Waals surface area contributed by atoms with Crippen molar-refractivity contribution < 1.29 is 13.2 Å². The maximum absolute atomic E-state index is 12.7. The lowest BCUT2D eigenvalue weighted by Gasteiger charge is -2.17. The quantitative estimate of drug-likeness (QED) is 0.679. The number of rotatable bonds is 4. The van der Waals surface area contributed by atoms with Crippen molar-refractivity contribution in [3.05, 3.63) is 65.5 Å². The van der Waals surface area contributed by atoms with E-state index in [1.165, 1.54) is 29.1 Å². The molecule has 1 aromatic heterocycles. The second-order valence-corrected chi connectivity index (χ2v) is 10.0. The first kappa shape index (κ1) is 19.8. The zero-order valence-corrected chi connectivity index (χ0v) is 18.2. The summed E-state index contributed by atoms with van der Waals surface area (Å²) in [4.78, 5) is 17.3. The van der Waals surface area contributed by atoms with E-state index in [0.717, 1.165) is 29.9 Å². The summed E-state index contributed by atoms with van der Waals surface area (Å²) < 4.78 is 27.4. The molecule has 0 saturated carbocycles. The van der Waals surface area contributed by atoms with Crippen molar-refractivity contribution in [3.63, 3.8) is 0 Å². The molecule has 160 valence electrons. The van der Waals surface area contributed by atoms with Gasteiger partial charge in [-0.3, -0.25) is 9.10 Å². The van der Waals surface area contributed by atoms with Crippen molar-refractivity contribution >= 4 is 27.3 Å². The van der Waals surface area contributed by atoms with E-state index in [0.29, 0.717) is 29.9 Å². The minimum atomic E-state index is -3.30. The predicted molar refractivity (Wildman–Crippen MR) is 121 cm³/mol. The van der Waals surface area contributed by atoms with Crippen LogP contribution >= 0.6 is 0 Å². The van der Waals surface area contributed by atoms with Crippen LogP contribution in [-0.2, 0) is 29.4 Å². The third-order valence-electron chi connectivity index (χ3n) is 6.00. The molecule has 0 fully saturated rings. The van der Waals surface area contributed by atoms with Crippen molar-refractivity contribution in [2.75, 3.05) is 22.4 Å². The number of nitrogens with one attached hydrogen (secondary N) is 1. The Morgan fingerprint density at radius 2 is 1.84 bits per heavy atom. The van der Waals surface area contributed by atoms with E-state index in [4.69, 9.17) is 0 Å². The topological polar surface area (TPSA) is 84.3 Å². The van der Waals surface area contributed by atoms with E-state index in [1.54, 1.807) is 18.2 Å². The highest BCUT2D eigenvalue weighted by Crippen LogP contribution is 2.31. The van der Waals surface area contributed by atoms with Gasteiger partial charge in [0.2, 0.25) is 10.0 Å². The number of imidazole rings is 1. The Kier molecular flexibility index (Phi) is 4.81. The minimum Gasteiger partial charge on any atom is -0.328 e. The van der Waals surface area contributed by atoms with Gasteiger partial charge in [-0.15, -0.1) is 0 Å². The maximum atomic E-state index is 12.7. The van der Waals surface area contributed by atoms with Crippen LogP contribution in [0.4, 0.5) is 11.4 Å². The third-order valence-corrected chi connectivity index (χ3v) is 7.18.